The van der Waals surface area contributed by atoms with Crippen molar-refractivity contribution in [2.45, 2.75) is 147 Å². The molecule has 4 aliphatic rings. The van der Waals surface area contributed by atoms with E-state index >= 15 is 0 Å². The monoisotopic (exact) mass is 934 g/mol. The van der Waals surface area contributed by atoms with Crippen LogP contribution in [0.25, 0.3) is 10.9 Å². The highest BCUT2D eigenvalue weighted by atomic mass is 28.4. The Hall–Kier alpha value is -4.82. The van der Waals surface area contributed by atoms with Gasteiger partial charge in [0.2, 0.25) is 17.4 Å². The topological polar surface area (TPSA) is 153 Å². The fourth-order valence-electron chi connectivity index (χ4n) is 10.0. The number of fused-ring (bicyclic) bond motifs is 4. The summed E-state index contributed by atoms with van der Waals surface area (Å²) in [7, 11) is -0.373. The van der Waals surface area contributed by atoms with Gasteiger partial charge in [-0.3, -0.25) is 24.1 Å². The molecule has 13 heteroatoms. The predicted molar refractivity (Wildman–Crippen MR) is 269 cm³/mol. The molecule has 1 aliphatic carbocycles. The van der Waals surface area contributed by atoms with Crippen LogP contribution in [0.2, 0.25) is 18.1 Å². The number of carbonyl (C=O) groups is 3. The van der Waals surface area contributed by atoms with Crippen LogP contribution in [0.4, 0.5) is 5.69 Å². The summed E-state index contributed by atoms with van der Waals surface area (Å²) in [6.07, 6.45) is 10.5. The van der Waals surface area contributed by atoms with Gasteiger partial charge in [0, 0.05) is 63.2 Å². The lowest BCUT2D eigenvalue weighted by Gasteiger charge is -2.45. The molecule has 4 N–H and O–H groups in total. The van der Waals surface area contributed by atoms with Crippen LogP contribution < -0.4 is 16.2 Å². The number of aromatic amines is 1. The molecule has 0 radical (unpaired) electrons. The minimum atomic E-state index is -2.21. The molecule has 2 atom stereocenters. The highest BCUT2D eigenvalue weighted by molar-refractivity contribution is 6.74. The number of aromatic hydroxyl groups is 1. The van der Waals surface area contributed by atoms with E-state index < -0.39 is 13.7 Å². The number of esters is 1. The number of H-pyrrole nitrogens is 1. The smallest absolute Gasteiger partial charge is 0.316 e. The normalized spacial score (nSPS) is 19.8. The van der Waals surface area contributed by atoms with Crippen LogP contribution in [0, 0.1) is 5.92 Å². The summed E-state index contributed by atoms with van der Waals surface area (Å²) in [5, 5.41) is 17.8. The average molecular weight is 934 g/mol. The van der Waals surface area contributed by atoms with E-state index in [1.54, 1.807) is 17.0 Å². The Labute approximate surface area is 398 Å². The lowest BCUT2D eigenvalue weighted by molar-refractivity contribution is -0.167. The Morgan fingerprint density at radius 3 is 2.37 bits per heavy atom. The summed E-state index contributed by atoms with van der Waals surface area (Å²) in [6, 6.07) is 23.0. The van der Waals surface area contributed by atoms with Crippen molar-refractivity contribution in [3.05, 3.63) is 105 Å². The summed E-state index contributed by atoms with van der Waals surface area (Å²) in [6.45, 7) is 15.8. The van der Waals surface area contributed by atoms with E-state index in [0.29, 0.717) is 50.3 Å². The van der Waals surface area contributed by atoms with Gasteiger partial charge in [-0.25, -0.2) is 0 Å². The molecule has 12 nitrogen and oxygen atoms in total. The number of phenolic OH excluding ortho intramolecular Hbond substituents is 1. The number of nitrogens with one attached hydrogen (secondary N) is 3. The third-order valence-corrected chi connectivity index (χ3v) is 19.7. The van der Waals surface area contributed by atoms with E-state index in [0.717, 1.165) is 117 Å². The molecule has 1 unspecified atom stereocenters. The molecule has 4 fully saturated rings. The highest BCUT2D eigenvalue weighted by Crippen LogP contribution is 2.43. The largest absolute Gasteiger partial charge is 0.506 e. The number of hydrogen-bond donors (Lipinski definition) is 4. The van der Waals surface area contributed by atoms with Gasteiger partial charge in [-0.1, -0.05) is 82.5 Å². The van der Waals surface area contributed by atoms with E-state index in [1.165, 1.54) is 6.07 Å². The van der Waals surface area contributed by atoms with Crippen molar-refractivity contribution < 1.29 is 28.7 Å². The average Bonchev–Trinajstić information content (AvgIpc) is 3.31. The van der Waals surface area contributed by atoms with Crippen LogP contribution in [0.5, 0.6) is 5.75 Å². The van der Waals surface area contributed by atoms with Gasteiger partial charge < -0.3 is 34.8 Å². The first-order valence-electron chi connectivity index (χ1n) is 24.9. The second-order valence-electron chi connectivity index (χ2n) is 21.1. The van der Waals surface area contributed by atoms with E-state index in [1.807, 2.05) is 37.4 Å². The maximum absolute atomic E-state index is 14.0. The maximum atomic E-state index is 14.0. The van der Waals surface area contributed by atoms with Gasteiger partial charge in [-0.15, -0.1) is 0 Å². The van der Waals surface area contributed by atoms with Crippen LogP contribution in [-0.2, 0) is 41.9 Å². The summed E-state index contributed by atoms with van der Waals surface area (Å²) in [4.78, 5) is 59.1. The van der Waals surface area contributed by atoms with Crippen LogP contribution in [-0.4, -0.2) is 91.9 Å². The third kappa shape index (κ3) is 12.6. The minimum Gasteiger partial charge on any atom is -0.506 e. The number of phenols is 1. The van der Waals surface area contributed by atoms with Gasteiger partial charge in [-0.05, 0) is 135 Å². The molecule has 3 aliphatic heterocycles. The number of ether oxygens (including phenoxy) is 1. The Kier molecular flexibility index (Phi) is 16.5. The number of rotatable bonds is 20. The number of nitrogens with zero attached hydrogens (tertiary/aromatic N) is 2. The van der Waals surface area contributed by atoms with Crippen molar-refractivity contribution in [3.8, 4) is 5.75 Å². The molecule has 3 aromatic carbocycles. The quantitative estimate of drug-likeness (QED) is 0.0386. The summed E-state index contributed by atoms with van der Waals surface area (Å²) in [5.41, 5.74) is 4.45. The number of unbranched alkanes of at least 4 members (excludes halogenated alkanes) is 1. The number of benzene rings is 3. The van der Waals surface area contributed by atoms with E-state index in [-0.39, 0.29) is 46.3 Å². The molecule has 67 heavy (non-hydrogen) atoms. The Balaban J connectivity index is 0.821. The number of aryl methyl sites for hydroxylation is 1. The number of piperidine rings is 3. The van der Waals surface area contributed by atoms with E-state index in [2.05, 4.69) is 78.6 Å². The Morgan fingerprint density at radius 1 is 0.925 bits per heavy atom. The van der Waals surface area contributed by atoms with Crippen molar-refractivity contribution in [2.24, 2.45) is 5.92 Å². The second-order valence-corrected chi connectivity index (χ2v) is 25.8. The number of aromatic nitrogens is 1. The molecule has 3 saturated heterocycles. The first-order chi connectivity index (χ1) is 32.0. The van der Waals surface area contributed by atoms with Crippen molar-refractivity contribution in [1.29, 1.82) is 0 Å². The number of carbonyl (C=O) groups excluding carboxylic acids is 3. The zero-order chi connectivity index (χ0) is 47.8. The molecule has 4 heterocycles. The number of anilines is 1. The molecule has 8 rings (SSSR count). The van der Waals surface area contributed by atoms with Crippen LogP contribution in [0.15, 0.2) is 77.6 Å². The van der Waals surface area contributed by atoms with Crippen LogP contribution in [0.3, 0.4) is 0 Å². The van der Waals surface area contributed by atoms with Gasteiger partial charge >= 0.3 is 5.97 Å². The van der Waals surface area contributed by atoms with E-state index in [9.17, 15) is 24.3 Å². The lowest BCUT2D eigenvalue weighted by Crippen LogP contribution is -2.53. The molecule has 0 spiro atoms. The van der Waals surface area contributed by atoms with Gasteiger partial charge in [0.15, 0.2) is 8.32 Å². The molecule has 4 aromatic rings. The first kappa shape index (κ1) is 50.1. The lowest BCUT2D eigenvalue weighted by atomic mass is 9.69. The van der Waals surface area contributed by atoms with E-state index in [4.69, 9.17) is 9.16 Å². The number of pyridine rings is 1. The maximum Gasteiger partial charge on any atom is 0.316 e. The predicted octanol–water partition coefficient (Wildman–Crippen LogP) is 9.52. The molecule has 362 valence electrons. The highest BCUT2D eigenvalue weighted by Gasteiger charge is 2.46. The molecule has 2 bridgehead atoms. The summed E-state index contributed by atoms with van der Waals surface area (Å²) in [5.74, 6) is 0.518. The van der Waals surface area contributed by atoms with Crippen LogP contribution >= 0.6 is 0 Å². The SMILES string of the molecule is CN(CCCCC(=O)Nc1ccc(CNC[C@H](O[Si](C)(C)C(C)(C)C)c2ccc(O)c3[nH]c(=O)ccc23)cc1)C(=O)CCCc1cccc(C2(C(=O)OC3CN4CCC3CC4)CCCCC2)c1. The zero-order valence-electron chi connectivity index (χ0n) is 40.9. The molecule has 1 aromatic heterocycles. The van der Waals surface area contributed by atoms with Gasteiger partial charge in [-0.2, -0.15) is 0 Å². The molecule has 2 amide bonds. The van der Waals surface area contributed by atoms with Crippen molar-refractivity contribution >= 4 is 42.7 Å². The Morgan fingerprint density at radius 2 is 1.67 bits per heavy atom. The van der Waals surface area contributed by atoms with Gasteiger partial charge in [0.25, 0.3) is 0 Å². The van der Waals surface area contributed by atoms with Crippen LogP contribution in [0.1, 0.15) is 126 Å². The fourth-order valence-corrected chi connectivity index (χ4v) is 11.3. The first-order valence-corrected chi connectivity index (χ1v) is 27.8. The standard InChI is InChI=1S/C54H75N5O7Si/c1-53(2,3)67(5,6)66-46(43-23-25-45(60)51-44(43)24-26-49(62)57-51)36-55-35-39-19-21-42(22-20-39)56-48(61)17-8-11-31-58(4)50(63)18-13-15-38-14-12-16-41(34-38)54(29-9-7-10-30-54)52(64)65-47-37-59-32-27-40(47)28-33-59/h12,14,16,19-26,34,40,46-47,55,60H,7-11,13,15,17-18,27-33,35-37H2,1-6H3,(H,56,61)(H,57,62)/t46-,47?/m0/s1. The summed E-state index contributed by atoms with van der Waals surface area (Å²) >= 11 is 0. The zero-order valence-corrected chi connectivity index (χ0v) is 41.9. The van der Waals surface area contributed by atoms with Crippen molar-refractivity contribution in [1.82, 2.24) is 20.1 Å². The number of hydrogen-bond acceptors (Lipinski definition) is 9. The second kappa shape index (κ2) is 22.1. The molecular formula is C54H75N5O7Si. The van der Waals surface area contributed by atoms with Crippen molar-refractivity contribution in [2.75, 3.05) is 45.1 Å². The van der Waals surface area contributed by atoms with Gasteiger partial charge in [0.1, 0.15) is 11.9 Å². The summed E-state index contributed by atoms with van der Waals surface area (Å²) < 4.78 is 13.3. The van der Waals surface area contributed by atoms with Crippen molar-refractivity contribution in [3.63, 3.8) is 0 Å². The molecule has 1 saturated carbocycles. The minimum absolute atomic E-state index is 0.00909. The number of amides is 2. The van der Waals surface area contributed by atoms with Gasteiger partial charge in [0.05, 0.1) is 17.0 Å². The third-order valence-electron chi connectivity index (χ3n) is 15.3. The Bertz CT molecular complexity index is 2380. The molecular weight excluding hydrogens is 859 g/mol. The fraction of sp³-hybridized carbons (Fsp3) is 0.556.